The molecule has 0 radical (unpaired) electrons. The summed E-state index contributed by atoms with van der Waals surface area (Å²) >= 11 is 0. The Hall–Kier alpha value is -2.93. The molecule has 1 N–H and O–H groups in total. The lowest BCUT2D eigenvalue weighted by Gasteiger charge is -2.19. The van der Waals surface area contributed by atoms with Crippen molar-refractivity contribution >= 4 is 11.9 Å². The Balaban J connectivity index is 1.33. The molecule has 3 aromatic rings. The summed E-state index contributed by atoms with van der Waals surface area (Å²) in [6, 6.07) is 15.2. The third-order valence-electron chi connectivity index (χ3n) is 6.80. The first-order valence-corrected chi connectivity index (χ1v) is 11.0. The van der Waals surface area contributed by atoms with Gasteiger partial charge in [-0.15, -0.1) is 0 Å². The molecule has 2 aliphatic rings. The fraction of sp³-hybridized carbons (Fsp3) is 0.346. The number of hydrogen-bond donors (Lipinski definition) is 1. The molecule has 7 heteroatoms. The SMILES string of the molecule is Cc1cc(C(F)=Cc2ccc(C3(C(F)(F)F)CC3)cc2)nn1Cc1cccc(C2(O)CC2)c1. The topological polar surface area (TPSA) is 38.0 Å². The number of hydrogen-bond acceptors (Lipinski definition) is 2. The predicted molar refractivity (Wildman–Crippen MR) is 118 cm³/mol. The Morgan fingerprint density at radius 1 is 1.03 bits per heavy atom. The van der Waals surface area contributed by atoms with Crippen LogP contribution in [0.3, 0.4) is 0 Å². The Morgan fingerprint density at radius 3 is 2.33 bits per heavy atom. The van der Waals surface area contributed by atoms with Crippen LogP contribution in [0.4, 0.5) is 17.6 Å². The average Bonchev–Trinajstić information content (AvgIpc) is 3.69. The predicted octanol–water partition coefficient (Wildman–Crippen LogP) is 6.28. The number of aliphatic hydroxyl groups is 1. The number of aryl methyl sites for hydroxylation is 1. The van der Waals surface area contributed by atoms with E-state index in [9.17, 15) is 22.7 Å². The number of benzene rings is 2. The lowest BCUT2D eigenvalue weighted by molar-refractivity contribution is -0.160. The van der Waals surface area contributed by atoms with Crippen molar-refractivity contribution in [2.45, 2.75) is 56.3 Å². The van der Waals surface area contributed by atoms with Gasteiger partial charge in [0.25, 0.3) is 0 Å². The zero-order chi connectivity index (χ0) is 23.4. The summed E-state index contributed by atoms with van der Waals surface area (Å²) in [5, 5.41) is 14.7. The van der Waals surface area contributed by atoms with Gasteiger partial charge in [0.05, 0.1) is 17.6 Å². The highest BCUT2D eigenvalue weighted by Gasteiger charge is 2.64. The Bertz CT molecular complexity index is 1220. The standard InChI is InChI=1S/C26H24F4N2O/c1-17-13-23(31-32(17)16-19-3-2-4-21(14-19)25(33)11-12-25)22(27)15-18-5-7-20(8-6-18)24(9-10-24)26(28,29)30/h2-8,13-15,33H,9-12,16H2,1H3. The molecule has 33 heavy (non-hydrogen) atoms. The number of rotatable bonds is 6. The minimum Gasteiger partial charge on any atom is -0.385 e. The van der Waals surface area contributed by atoms with Crippen molar-refractivity contribution < 1.29 is 22.7 Å². The number of nitrogens with zero attached hydrogens (tertiary/aromatic N) is 2. The van der Waals surface area contributed by atoms with Crippen LogP contribution in [0.15, 0.2) is 54.6 Å². The fourth-order valence-corrected chi connectivity index (χ4v) is 4.31. The lowest BCUT2D eigenvalue weighted by atomic mass is 9.94. The zero-order valence-corrected chi connectivity index (χ0v) is 18.2. The van der Waals surface area contributed by atoms with Gasteiger partial charge in [0, 0.05) is 5.69 Å². The van der Waals surface area contributed by atoms with E-state index >= 15 is 0 Å². The summed E-state index contributed by atoms with van der Waals surface area (Å²) in [5.74, 6) is -0.553. The van der Waals surface area contributed by atoms with Crippen molar-refractivity contribution in [2.75, 3.05) is 0 Å². The van der Waals surface area contributed by atoms with Crippen LogP contribution in [0, 0.1) is 6.92 Å². The van der Waals surface area contributed by atoms with Gasteiger partial charge in [-0.05, 0) is 67.0 Å². The molecule has 0 atom stereocenters. The summed E-state index contributed by atoms with van der Waals surface area (Å²) in [7, 11) is 0. The molecular formula is C26H24F4N2O. The van der Waals surface area contributed by atoms with Crippen molar-refractivity contribution in [1.82, 2.24) is 9.78 Å². The smallest absolute Gasteiger partial charge is 0.385 e. The Morgan fingerprint density at radius 2 is 1.73 bits per heavy atom. The van der Waals surface area contributed by atoms with Crippen molar-refractivity contribution in [2.24, 2.45) is 0 Å². The van der Waals surface area contributed by atoms with Crippen LogP contribution in [0.1, 0.15) is 59.3 Å². The van der Waals surface area contributed by atoms with Crippen LogP contribution < -0.4 is 0 Å². The van der Waals surface area contributed by atoms with E-state index in [0.29, 0.717) is 12.1 Å². The van der Waals surface area contributed by atoms with Gasteiger partial charge >= 0.3 is 6.18 Å². The highest BCUT2D eigenvalue weighted by Crippen LogP contribution is 2.58. The van der Waals surface area contributed by atoms with Crippen LogP contribution in [-0.4, -0.2) is 21.1 Å². The first-order valence-electron chi connectivity index (χ1n) is 11.0. The first-order chi connectivity index (χ1) is 15.6. The van der Waals surface area contributed by atoms with Gasteiger partial charge in [0.2, 0.25) is 0 Å². The second-order valence-electron chi connectivity index (χ2n) is 9.25. The molecule has 2 saturated carbocycles. The normalized spacial score (nSPS) is 18.9. The molecule has 2 fully saturated rings. The maximum atomic E-state index is 14.9. The molecule has 2 aromatic carbocycles. The number of alkyl halides is 3. The van der Waals surface area contributed by atoms with Gasteiger partial charge in [-0.2, -0.15) is 18.3 Å². The molecule has 0 spiro atoms. The maximum Gasteiger partial charge on any atom is 0.398 e. The summed E-state index contributed by atoms with van der Waals surface area (Å²) in [4.78, 5) is 0. The van der Waals surface area contributed by atoms with Gasteiger partial charge in [0.1, 0.15) is 5.69 Å². The highest BCUT2D eigenvalue weighted by atomic mass is 19.4. The first kappa shape index (κ1) is 21.9. The largest absolute Gasteiger partial charge is 0.398 e. The zero-order valence-electron chi connectivity index (χ0n) is 18.2. The van der Waals surface area contributed by atoms with Crippen molar-refractivity contribution in [3.8, 4) is 0 Å². The van der Waals surface area contributed by atoms with E-state index in [1.165, 1.54) is 30.3 Å². The van der Waals surface area contributed by atoms with Gasteiger partial charge in [-0.3, -0.25) is 4.68 Å². The van der Waals surface area contributed by atoms with E-state index in [2.05, 4.69) is 5.10 Å². The average molecular weight is 456 g/mol. The van der Waals surface area contributed by atoms with E-state index in [1.807, 2.05) is 31.2 Å². The van der Waals surface area contributed by atoms with Gasteiger partial charge < -0.3 is 5.11 Å². The molecule has 3 nitrogen and oxygen atoms in total. The van der Waals surface area contributed by atoms with Crippen LogP contribution in [-0.2, 0) is 17.6 Å². The summed E-state index contributed by atoms with van der Waals surface area (Å²) in [6.45, 7) is 2.28. The van der Waals surface area contributed by atoms with E-state index in [0.717, 1.165) is 29.7 Å². The van der Waals surface area contributed by atoms with Gasteiger partial charge in [-0.25, -0.2) is 4.39 Å². The molecule has 0 unspecified atom stereocenters. The van der Waals surface area contributed by atoms with Crippen molar-refractivity contribution in [1.29, 1.82) is 0 Å². The minimum atomic E-state index is -4.27. The van der Waals surface area contributed by atoms with Crippen molar-refractivity contribution in [3.05, 3.63) is 88.2 Å². The van der Waals surface area contributed by atoms with E-state index in [1.54, 1.807) is 10.7 Å². The monoisotopic (exact) mass is 456 g/mol. The third kappa shape index (κ3) is 4.10. The summed E-state index contributed by atoms with van der Waals surface area (Å²) < 4.78 is 56.5. The van der Waals surface area contributed by atoms with Gasteiger partial charge in [-0.1, -0.05) is 48.5 Å². The van der Waals surface area contributed by atoms with Crippen LogP contribution in [0.2, 0.25) is 0 Å². The molecule has 1 aromatic heterocycles. The highest BCUT2D eigenvalue weighted by molar-refractivity contribution is 5.75. The third-order valence-corrected chi connectivity index (χ3v) is 6.80. The fourth-order valence-electron chi connectivity index (χ4n) is 4.31. The molecule has 5 rings (SSSR count). The van der Waals surface area contributed by atoms with Crippen molar-refractivity contribution in [3.63, 3.8) is 0 Å². The Labute approximate surface area is 189 Å². The second-order valence-corrected chi connectivity index (χ2v) is 9.25. The summed E-state index contributed by atoms with van der Waals surface area (Å²) in [6.07, 6.45) is -1.27. The summed E-state index contributed by atoms with van der Waals surface area (Å²) in [5.41, 5.74) is 1.04. The molecule has 172 valence electrons. The molecule has 0 saturated heterocycles. The number of halogens is 4. The molecule has 1 heterocycles. The minimum absolute atomic E-state index is 0.0962. The van der Waals surface area contributed by atoms with E-state index < -0.39 is 23.0 Å². The molecule has 0 bridgehead atoms. The van der Waals surface area contributed by atoms with Gasteiger partial charge in [0.15, 0.2) is 5.83 Å². The van der Waals surface area contributed by atoms with Crippen LogP contribution in [0.25, 0.3) is 11.9 Å². The number of aromatic nitrogens is 2. The van der Waals surface area contributed by atoms with Crippen LogP contribution in [0.5, 0.6) is 0 Å². The second kappa shape index (κ2) is 7.55. The maximum absolute atomic E-state index is 14.9. The van der Waals surface area contributed by atoms with E-state index in [-0.39, 0.29) is 24.1 Å². The molecule has 0 amide bonds. The molecule has 0 aliphatic heterocycles. The van der Waals surface area contributed by atoms with Crippen LogP contribution >= 0.6 is 0 Å². The molecular weight excluding hydrogens is 432 g/mol. The van der Waals surface area contributed by atoms with E-state index in [4.69, 9.17) is 0 Å². The molecule has 2 aliphatic carbocycles. The Kier molecular flexibility index (Phi) is 5.01. The quantitative estimate of drug-likeness (QED) is 0.443. The lowest BCUT2D eigenvalue weighted by Crippen LogP contribution is -2.28.